The van der Waals surface area contributed by atoms with Crippen LogP contribution in [-0.4, -0.2) is 38.3 Å². The topological polar surface area (TPSA) is 137 Å². The van der Waals surface area contributed by atoms with Gasteiger partial charge in [0.1, 0.15) is 11.4 Å². The van der Waals surface area contributed by atoms with Crippen molar-refractivity contribution in [1.82, 2.24) is 9.78 Å². The van der Waals surface area contributed by atoms with Crippen LogP contribution in [0.3, 0.4) is 0 Å². The number of aryl methyl sites for hydroxylation is 1. The number of nitrogens with one attached hydrogen (secondary N) is 1. The molecule has 0 unspecified atom stereocenters. The standard InChI is InChI=1S/C14H14N4O6/c1-3-24-14(21)11-7-10(16-17(11)2)13(20)15-9-6-8(18(22)23)4-5-12(9)19/h4-7,19H,3H2,1-2H3,(H,15,20). The van der Waals surface area contributed by atoms with Crippen LogP contribution in [0.4, 0.5) is 11.4 Å². The Kier molecular flexibility index (Phi) is 4.78. The molecule has 1 amide bonds. The summed E-state index contributed by atoms with van der Waals surface area (Å²) in [5.41, 5.74) is -0.467. The van der Waals surface area contributed by atoms with E-state index in [9.17, 15) is 24.8 Å². The number of amides is 1. The van der Waals surface area contributed by atoms with Crippen molar-refractivity contribution in [3.63, 3.8) is 0 Å². The highest BCUT2D eigenvalue weighted by molar-refractivity contribution is 6.05. The van der Waals surface area contributed by atoms with Crippen molar-refractivity contribution in [1.29, 1.82) is 0 Å². The van der Waals surface area contributed by atoms with Crippen molar-refractivity contribution < 1.29 is 24.4 Å². The summed E-state index contributed by atoms with van der Waals surface area (Å²) in [6, 6.07) is 4.44. The lowest BCUT2D eigenvalue weighted by Gasteiger charge is -2.05. The van der Waals surface area contributed by atoms with E-state index in [0.717, 1.165) is 18.2 Å². The Morgan fingerprint density at radius 2 is 2.12 bits per heavy atom. The molecule has 2 aromatic rings. The third-order valence-corrected chi connectivity index (χ3v) is 3.04. The quantitative estimate of drug-likeness (QED) is 0.365. The third kappa shape index (κ3) is 3.48. The zero-order valence-corrected chi connectivity index (χ0v) is 12.8. The van der Waals surface area contributed by atoms with E-state index < -0.39 is 16.8 Å². The van der Waals surface area contributed by atoms with Crippen LogP contribution < -0.4 is 5.32 Å². The fourth-order valence-corrected chi connectivity index (χ4v) is 1.90. The fraction of sp³-hybridized carbons (Fsp3) is 0.214. The first-order chi connectivity index (χ1) is 11.3. The molecular formula is C14H14N4O6. The molecule has 2 N–H and O–H groups in total. The van der Waals surface area contributed by atoms with E-state index in [1.165, 1.54) is 17.8 Å². The lowest BCUT2D eigenvalue weighted by molar-refractivity contribution is -0.384. The minimum absolute atomic E-state index is 0.0743. The second-order valence-corrected chi connectivity index (χ2v) is 4.67. The molecule has 1 aromatic heterocycles. The molecular weight excluding hydrogens is 320 g/mol. The maximum absolute atomic E-state index is 12.2. The first-order valence-electron chi connectivity index (χ1n) is 6.83. The number of nitro benzene ring substituents is 1. The number of hydrogen-bond acceptors (Lipinski definition) is 7. The molecule has 10 heteroatoms. The minimum atomic E-state index is -0.739. The number of esters is 1. The van der Waals surface area contributed by atoms with Crippen LogP contribution in [-0.2, 0) is 11.8 Å². The van der Waals surface area contributed by atoms with Crippen LogP contribution in [0.5, 0.6) is 5.75 Å². The molecule has 0 bridgehead atoms. The van der Waals surface area contributed by atoms with Crippen molar-refractivity contribution in [2.45, 2.75) is 6.92 Å². The smallest absolute Gasteiger partial charge is 0.356 e. The van der Waals surface area contributed by atoms with Crippen molar-refractivity contribution in [3.8, 4) is 5.75 Å². The number of phenolic OH excluding ortho intramolecular Hbond substituents is 1. The minimum Gasteiger partial charge on any atom is -0.506 e. The number of ether oxygens (including phenoxy) is 1. The number of hydrogen-bond donors (Lipinski definition) is 2. The van der Waals surface area contributed by atoms with Crippen LogP contribution in [0.2, 0.25) is 0 Å². The lowest BCUT2D eigenvalue weighted by atomic mass is 10.2. The number of carbonyl (C=O) groups is 2. The Balaban J connectivity index is 2.25. The van der Waals surface area contributed by atoms with Gasteiger partial charge in [-0.15, -0.1) is 0 Å². The molecule has 24 heavy (non-hydrogen) atoms. The molecule has 2 rings (SSSR count). The van der Waals surface area contributed by atoms with E-state index in [0.29, 0.717) is 0 Å². The Labute approximate surface area is 135 Å². The number of rotatable bonds is 5. The normalized spacial score (nSPS) is 10.2. The molecule has 0 aliphatic carbocycles. The van der Waals surface area contributed by atoms with E-state index in [1.54, 1.807) is 6.92 Å². The number of anilines is 1. The lowest BCUT2D eigenvalue weighted by Crippen LogP contribution is -2.13. The molecule has 0 radical (unpaired) electrons. The largest absolute Gasteiger partial charge is 0.506 e. The second-order valence-electron chi connectivity index (χ2n) is 4.67. The number of nitrogens with zero attached hydrogens (tertiary/aromatic N) is 3. The number of nitro groups is 1. The summed E-state index contributed by atoms with van der Waals surface area (Å²) in [4.78, 5) is 34.0. The van der Waals surface area contributed by atoms with Gasteiger partial charge in [-0.2, -0.15) is 5.10 Å². The SMILES string of the molecule is CCOC(=O)c1cc(C(=O)Nc2cc([N+](=O)[O-])ccc2O)nn1C. The average Bonchev–Trinajstić information content (AvgIpc) is 2.91. The van der Waals surface area contributed by atoms with E-state index in [4.69, 9.17) is 4.74 Å². The molecule has 0 aliphatic rings. The van der Waals surface area contributed by atoms with Crippen molar-refractivity contribution in [2.75, 3.05) is 11.9 Å². The fourth-order valence-electron chi connectivity index (χ4n) is 1.90. The van der Waals surface area contributed by atoms with Gasteiger partial charge in [0.15, 0.2) is 5.69 Å². The van der Waals surface area contributed by atoms with Crippen LogP contribution in [0, 0.1) is 10.1 Å². The highest BCUT2D eigenvalue weighted by Crippen LogP contribution is 2.28. The molecule has 1 heterocycles. The predicted octanol–water partition coefficient (Wildman–Crippen LogP) is 1.46. The summed E-state index contributed by atoms with van der Waals surface area (Å²) >= 11 is 0. The number of benzene rings is 1. The van der Waals surface area contributed by atoms with Crippen LogP contribution in [0.25, 0.3) is 0 Å². The number of non-ortho nitro benzene ring substituents is 1. The van der Waals surface area contributed by atoms with Gasteiger partial charge < -0.3 is 15.2 Å². The number of carbonyl (C=O) groups excluding carboxylic acids is 2. The maximum atomic E-state index is 12.2. The Hall–Kier alpha value is -3.43. The molecule has 0 spiro atoms. The summed E-state index contributed by atoms with van der Waals surface area (Å²) in [6.07, 6.45) is 0. The van der Waals surface area contributed by atoms with Gasteiger partial charge in [-0.05, 0) is 13.0 Å². The van der Waals surface area contributed by atoms with Crippen molar-refractivity contribution >= 4 is 23.3 Å². The summed E-state index contributed by atoms with van der Waals surface area (Å²) < 4.78 is 6.02. The highest BCUT2D eigenvalue weighted by Gasteiger charge is 2.20. The van der Waals surface area contributed by atoms with Crippen LogP contribution in [0.1, 0.15) is 27.9 Å². The molecule has 10 nitrogen and oxygen atoms in total. The molecule has 1 aromatic carbocycles. The molecule has 0 saturated carbocycles. The summed E-state index contributed by atoms with van der Waals surface area (Å²) in [6.45, 7) is 1.82. The second kappa shape index (κ2) is 6.77. The maximum Gasteiger partial charge on any atom is 0.356 e. The highest BCUT2D eigenvalue weighted by atomic mass is 16.6. The van der Waals surface area contributed by atoms with Gasteiger partial charge in [-0.3, -0.25) is 19.6 Å². The monoisotopic (exact) mass is 334 g/mol. The third-order valence-electron chi connectivity index (χ3n) is 3.04. The Morgan fingerprint density at radius 1 is 1.42 bits per heavy atom. The van der Waals surface area contributed by atoms with Crippen LogP contribution in [0.15, 0.2) is 24.3 Å². The number of aromatic nitrogens is 2. The van der Waals surface area contributed by atoms with Gasteiger partial charge in [0.25, 0.3) is 11.6 Å². The summed E-state index contributed by atoms with van der Waals surface area (Å²) in [7, 11) is 1.47. The van der Waals surface area contributed by atoms with E-state index in [2.05, 4.69) is 10.4 Å². The van der Waals surface area contributed by atoms with Gasteiger partial charge in [0.05, 0.1) is 17.2 Å². The molecule has 126 valence electrons. The predicted molar refractivity (Wildman–Crippen MR) is 81.9 cm³/mol. The zero-order valence-electron chi connectivity index (χ0n) is 12.8. The van der Waals surface area contributed by atoms with Gasteiger partial charge in [0, 0.05) is 25.2 Å². The first kappa shape index (κ1) is 16.9. The average molecular weight is 334 g/mol. The van der Waals surface area contributed by atoms with Crippen molar-refractivity contribution in [3.05, 3.63) is 45.8 Å². The Morgan fingerprint density at radius 3 is 2.75 bits per heavy atom. The van der Waals surface area contributed by atoms with E-state index in [1.807, 2.05) is 0 Å². The number of phenols is 1. The molecule has 0 fully saturated rings. The molecule has 0 saturated heterocycles. The van der Waals surface area contributed by atoms with Crippen LogP contribution >= 0.6 is 0 Å². The molecule has 0 atom stereocenters. The van der Waals surface area contributed by atoms with Crippen molar-refractivity contribution in [2.24, 2.45) is 7.05 Å². The van der Waals surface area contributed by atoms with Gasteiger partial charge in [-0.25, -0.2) is 4.79 Å². The Bertz CT molecular complexity index is 814. The zero-order chi connectivity index (χ0) is 17.9. The summed E-state index contributed by atoms with van der Waals surface area (Å²) in [5.74, 6) is -1.71. The van der Waals surface area contributed by atoms with E-state index in [-0.39, 0.29) is 35.1 Å². The number of aromatic hydroxyl groups is 1. The van der Waals surface area contributed by atoms with E-state index >= 15 is 0 Å². The first-order valence-corrected chi connectivity index (χ1v) is 6.83. The van der Waals surface area contributed by atoms with Gasteiger partial charge in [0.2, 0.25) is 0 Å². The molecule has 0 aliphatic heterocycles. The summed E-state index contributed by atoms with van der Waals surface area (Å²) in [5, 5.41) is 26.6. The van der Waals surface area contributed by atoms with Gasteiger partial charge in [-0.1, -0.05) is 0 Å². The van der Waals surface area contributed by atoms with Gasteiger partial charge >= 0.3 is 5.97 Å².